The smallest absolute Gasteiger partial charge is 0.326 e. The Bertz CT molecular complexity index is 506. The zero-order valence-electron chi connectivity index (χ0n) is 13.5. The molecular formula is C16H27N3O2. The molecule has 5 heteroatoms. The van der Waals surface area contributed by atoms with Crippen LogP contribution in [0.3, 0.4) is 0 Å². The van der Waals surface area contributed by atoms with Crippen LogP contribution in [-0.4, -0.2) is 32.4 Å². The summed E-state index contributed by atoms with van der Waals surface area (Å²) in [6.07, 6.45) is 3.71. The van der Waals surface area contributed by atoms with Crippen LogP contribution in [0.4, 0.5) is 0 Å². The molecule has 1 aromatic heterocycles. The topological polar surface area (TPSA) is 67.2 Å². The van der Waals surface area contributed by atoms with E-state index in [0.29, 0.717) is 6.54 Å². The van der Waals surface area contributed by atoms with Gasteiger partial charge in [0.1, 0.15) is 5.54 Å². The van der Waals surface area contributed by atoms with E-state index in [-0.39, 0.29) is 12.0 Å². The van der Waals surface area contributed by atoms with E-state index in [0.717, 1.165) is 37.1 Å². The number of aliphatic carboxylic acids is 1. The maximum absolute atomic E-state index is 12.0. The minimum Gasteiger partial charge on any atom is -0.480 e. The molecule has 2 rings (SSSR count). The predicted octanol–water partition coefficient (Wildman–Crippen LogP) is 2.24. The van der Waals surface area contributed by atoms with Crippen LogP contribution in [0.15, 0.2) is 6.07 Å². The van der Waals surface area contributed by atoms with Crippen molar-refractivity contribution in [1.82, 2.24) is 15.1 Å². The summed E-state index contributed by atoms with van der Waals surface area (Å²) in [6.45, 7) is 8.57. The molecular weight excluding hydrogens is 266 g/mol. The first-order valence-electron chi connectivity index (χ1n) is 7.99. The van der Waals surface area contributed by atoms with Crippen molar-refractivity contribution in [2.45, 2.75) is 71.5 Å². The zero-order valence-corrected chi connectivity index (χ0v) is 13.5. The van der Waals surface area contributed by atoms with Gasteiger partial charge in [-0.25, -0.2) is 0 Å². The number of hydrogen-bond donors (Lipinski definition) is 2. The molecule has 21 heavy (non-hydrogen) atoms. The first kappa shape index (κ1) is 16.0. The summed E-state index contributed by atoms with van der Waals surface area (Å²) in [5.41, 5.74) is 1.25. The summed E-state index contributed by atoms with van der Waals surface area (Å²) >= 11 is 0. The monoisotopic (exact) mass is 293 g/mol. The summed E-state index contributed by atoms with van der Waals surface area (Å²) in [7, 11) is 0. The molecule has 1 heterocycles. The average molecular weight is 293 g/mol. The minimum atomic E-state index is -0.894. The molecule has 0 aromatic carbocycles. The van der Waals surface area contributed by atoms with E-state index in [9.17, 15) is 9.90 Å². The predicted molar refractivity (Wildman–Crippen MR) is 82.3 cm³/mol. The standard InChI is InChI=1S/C16H27N3O2/c1-5-13-9-14(6-2)19(18-13)10-16(15(20)21,12-7-8-12)17-11(3)4/h9,11-12,17H,5-8,10H2,1-4H3,(H,20,21). The van der Waals surface area contributed by atoms with Crippen molar-refractivity contribution in [2.75, 3.05) is 0 Å². The third-order valence-corrected chi connectivity index (χ3v) is 4.24. The lowest BCUT2D eigenvalue weighted by Crippen LogP contribution is -2.59. The van der Waals surface area contributed by atoms with Gasteiger partial charge in [0.05, 0.1) is 12.2 Å². The molecule has 1 fully saturated rings. The van der Waals surface area contributed by atoms with Crippen molar-refractivity contribution in [3.63, 3.8) is 0 Å². The van der Waals surface area contributed by atoms with Gasteiger partial charge in [0.25, 0.3) is 0 Å². The Morgan fingerprint density at radius 1 is 1.48 bits per heavy atom. The van der Waals surface area contributed by atoms with Crippen LogP contribution >= 0.6 is 0 Å². The highest BCUT2D eigenvalue weighted by Gasteiger charge is 2.52. The second kappa shape index (κ2) is 6.18. The van der Waals surface area contributed by atoms with Gasteiger partial charge in [0, 0.05) is 11.7 Å². The normalized spacial score (nSPS) is 18.0. The van der Waals surface area contributed by atoms with Gasteiger partial charge >= 0.3 is 5.97 Å². The van der Waals surface area contributed by atoms with Gasteiger partial charge in [-0.3, -0.25) is 14.8 Å². The first-order chi connectivity index (χ1) is 9.92. The van der Waals surface area contributed by atoms with Crippen molar-refractivity contribution < 1.29 is 9.90 Å². The molecule has 1 unspecified atom stereocenters. The van der Waals surface area contributed by atoms with E-state index in [1.165, 1.54) is 0 Å². The highest BCUT2D eigenvalue weighted by molar-refractivity contribution is 5.79. The van der Waals surface area contributed by atoms with Gasteiger partial charge in [-0.2, -0.15) is 5.10 Å². The van der Waals surface area contributed by atoms with Crippen LogP contribution in [0.25, 0.3) is 0 Å². The number of nitrogens with one attached hydrogen (secondary N) is 1. The molecule has 0 bridgehead atoms. The summed E-state index contributed by atoms with van der Waals surface area (Å²) in [6, 6.07) is 2.22. The van der Waals surface area contributed by atoms with Crippen LogP contribution in [-0.2, 0) is 24.2 Å². The second-order valence-corrected chi connectivity index (χ2v) is 6.34. The summed E-state index contributed by atoms with van der Waals surface area (Å²) in [4.78, 5) is 12.0. The molecule has 1 atom stereocenters. The van der Waals surface area contributed by atoms with E-state index in [4.69, 9.17) is 0 Å². The Balaban J connectivity index is 2.34. The van der Waals surface area contributed by atoms with Gasteiger partial charge in [0.15, 0.2) is 0 Å². The maximum Gasteiger partial charge on any atom is 0.326 e. The van der Waals surface area contributed by atoms with Crippen LogP contribution in [0.2, 0.25) is 0 Å². The van der Waals surface area contributed by atoms with Crippen LogP contribution < -0.4 is 5.32 Å². The SMILES string of the molecule is CCc1cc(CC)n(CC(NC(C)C)(C(=O)O)C2CC2)n1. The third-order valence-electron chi connectivity index (χ3n) is 4.24. The van der Waals surface area contributed by atoms with Crippen LogP contribution in [0.1, 0.15) is 51.9 Å². The number of nitrogens with zero attached hydrogens (tertiary/aromatic N) is 2. The van der Waals surface area contributed by atoms with Crippen LogP contribution in [0.5, 0.6) is 0 Å². The van der Waals surface area contributed by atoms with E-state index >= 15 is 0 Å². The third kappa shape index (κ3) is 3.28. The fraction of sp³-hybridized carbons (Fsp3) is 0.750. The molecule has 1 saturated carbocycles. The lowest BCUT2D eigenvalue weighted by Gasteiger charge is -2.33. The molecule has 1 aliphatic carbocycles. The maximum atomic E-state index is 12.0. The van der Waals surface area contributed by atoms with Crippen LogP contribution in [0, 0.1) is 5.92 Å². The van der Waals surface area contributed by atoms with Crippen molar-refractivity contribution >= 4 is 5.97 Å². The number of carboxylic acid groups (broad SMARTS) is 1. The molecule has 0 aliphatic heterocycles. The Kier molecular flexibility index (Phi) is 4.71. The average Bonchev–Trinajstić information content (AvgIpc) is 3.19. The van der Waals surface area contributed by atoms with Crippen molar-refractivity contribution in [1.29, 1.82) is 0 Å². The minimum absolute atomic E-state index is 0.132. The van der Waals surface area contributed by atoms with E-state index in [1.807, 2.05) is 18.5 Å². The molecule has 0 radical (unpaired) electrons. The van der Waals surface area contributed by atoms with Gasteiger partial charge in [0.2, 0.25) is 0 Å². The molecule has 0 amide bonds. The highest BCUT2D eigenvalue weighted by Crippen LogP contribution is 2.41. The quantitative estimate of drug-likeness (QED) is 0.771. The van der Waals surface area contributed by atoms with Gasteiger partial charge in [-0.15, -0.1) is 0 Å². The lowest BCUT2D eigenvalue weighted by atomic mass is 9.92. The van der Waals surface area contributed by atoms with Crippen molar-refractivity contribution in [3.05, 3.63) is 17.5 Å². The number of aryl methyl sites for hydroxylation is 2. The summed E-state index contributed by atoms with van der Waals surface area (Å²) in [5, 5.41) is 17.8. The van der Waals surface area contributed by atoms with E-state index < -0.39 is 11.5 Å². The van der Waals surface area contributed by atoms with Gasteiger partial charge in [-0.05, 0) is 51.5 Å². The fourth-order valence-corrected chi connectivity index (χ4v) is 3.03. The highest BCUT2D eigenvalue weighted by atomic mass is 16.4. The van der Waals surface area contributed by atoms with Gasteiger partial charge in [-0.1, -0.05) is 13.8 Å². The zero-order chi connectivity index (χ0) is 15.6. The molecule has 118 valence electrons. The summed E-state index contributed by atoms with van der Waals surface area (Å²) < 4.78 is 1.90. The molecule has 1 aromatic rings. The lowest BCUT2D eigenvalue weighted by molar-refractivity contribution is -0.147. The molecule has 1 aliphatic rings. The number of hydrogen-bond acceptors (Lipinski definition) is 3. The number of aromatic nitrogens is 2. The Morgan fingerprint density at radius 2 is 2.14 bits per heavy atom. The Hall–Kier alpha value is -1.36. The van der Waals surface area contributed by atoms with Crippen molar-refractivity contribution in [3.8, 4) is 0 Å². The van der Waals surface area contributed by atoms with Crippen molar-refractivity contribution in [2.24, 2.45) is 5.92 Å². The van der Waals surface area contributed by atoms with E-state index in [1.54, 1.807) is 0 Å². The van der Waals surface area contributed by atoms with E-state index in [2.05, 4.69) is 30.3 Å². The van der Waals surface area contributed by atoms with Gasteiger partial charge < -0.3 is 5.11 Å². The summed E-state index contributed by atoms with van der Waals surface area (Å²) in [5.74, 6) is -0.550. The molecule has 0 saturated heterocycles. The molecule has 5 nitrogen and oxygen atoms in total. The molecule has 0 spiro atoms. The Morgan fingerprint density at radius 3 is 2.57 bits per heavy atom. The largest absolute Gasteiger partial charge is 0.480 e. The molecule has 2 N–H and O–H groups in total. The first-order valence-corrected chi connectivity index (χ1v) is 7.99. The fourth-order valence-electron chi connectivity index (χ4n) is 3.03. The second-order valence-electron chi connectivity index (χ2n) is 6.34. The Labute approximate surface area is 126 Å². The number of carboxylic acids is 1. The number of rotatable bonds is 8. The number of carbonyl (C=O) groups is 1.